The van der Waals surface area contributed by atoms with Crippen molar-refractivity contribution in [2.75, 3.05) is 11.9 Å². The molecule has 0 saturated heterocycles. The Morgan fingerprint density at radius 2 is 2.38 bits per heavy atom. The molecule has 2 heterocycles. The maximum atomic E-state index is 5.41. The Labute approximate surface area is 97.9 Å². The van der Waals surface area contributed by atoms with Crippen LogP contribution in [0.3, 0.4) is 0 Å². The summed E-state index contributed by atoms with van der Waals surface area (Å²) in [5.41, 5.74) is 0.974. The van der Waals surface area contributed by atoms with Gasteiger partial charge >= 0.3 is 6.01 Å². The van der Waals surface area contributed by atoms with Crippen LogP contribution in [0.15, 0.2) is 21.2 Å². The fourth-order valence-electron chi connectivity index (χ4n) is 1.21. The number of nitrogens with zero attached hydrogens (tertiary/aromatic N) is 2. The molecule has 0 atom stereocenters. The summed E-state index contributed by atoms with van der Waals surface area (Å²) in [5.74, 6) is 0.603. The third-order valence-electron chi connectivity index (χ3n) is 1.94. The summed E-state index contributed by atoms with van der Waals surface area (Å²) in [7, 11) is 0. The summed E-state index contributed by atoms with van der Waals surface area (Å²) in [6.07, 6.45) is 1.09. The minimum atomic E-state index is 0.437. The molecule has 0 spiro atoms. The van der Waals surface area contributed by atoms with Crippen LogP contribution in [0.4, 0.5) is 11.7 Å². The molecule has 0 aromatic carbocycles. The highest BCUT2D eigenvalue weighted by Crippen LogP contribution is 2.17. The first-order chi connectivity index (χ1) is 7.88. The predicted molar refractivity (Wildman–Crippen MR) is 63.9 cm³/mol. The van der Waals surface area contributed by atoms with Crippen molar-refractivity contribution in [3.8, 4) is 0 Å². The number of anilines is 2. The van der Waals surface area contributed by atoms with Gasteiger partial charge in [0.15, 0.2) is 0 Å². The second-order valence-corrected chi connectivity index (χ2v) is 4.09. The molecule has 86 valence electrons. The number of nitrogens with one attached hydrogen (secondary N) is 2. The Hall–Kier alpha value is -1.40. The molecule has 2 aromatic rings. The molecule has 5 nitrogen and oxygen atoms in total. The van der Waals surface area contributed by atoms with Crippen LogP contribution in [-0.4, -0.2) is 16.7 Å². The Morgan fingerprint density at radius 1 is 1.44 bits per heavy atom. The molecule has 0 unspecified atom stereocenters. The monoisotopic (exact) mass is 238 g/mol. The first-order valence-electron chi connectivity index (χ1n) is 5.21. The third kappa shape index (κ3) is 3.04. The number of thiophene rings is 1. The molecule has 0 radical (unpaired) electrons. The lowest BCUT2D eigenvalue weighted by atomic mass is 10.5. The van der Waals surface area contributed by atoms with E-state index in [0.717, 1.165) is 18.7 Å². The molecule has 0 aliphatic carbocycles. The zero-order valence-electron chi connectivity index (χ0n) is 9.06. The van der Waals surface area contributed by atoms with Crippen molar-refractivity contribution in [2.24, 2.45) is 0 Å². The van der Waals surface area contributed by atoms with Crippen molar-refractivity contribution >= 4 is 23.0 Å². The summed E-state index contributed by atoms with van der Waals surface area (Å²) in [6.45, 7) is 3.69. The van der Waals surface area contributed by atoms with Gasteiger partial charge in [-0.3, -0.25) is 0 Å². The summed E-state index contributed by atoms with van der Waals surface area (Å²) < 4.78 is 5.41. The summed E-state index contributed by atoms with van der Waals surface area (Å²) >= 11 is 1.62. The van der Waals surface area contributed by atoms with Crippen LogP contribution in [0, 0.1) is 0 Å². The Kier molecular flexibility index (Phi) is 3.90. The zero-order valence-corrected chi connectivity index (χ0v) is 9.88. The van der Waals surface area contributed by atoms with Crippen molar-refractivity contribution in [2.45, 2.75) is 19.9 Å². The van der Waals surface area contributed by atoms with Gasteiger partial charge in [-0.05, 0) is 24.4 Å². The molecule has 2 aromatic heterocycles. The predicted octanol–water partition coefficient (Wildman–Crippen LogP) is 2.37. The maximum absolute atomic E-state index is 5.41. The third-order valence-corrected chi connectivity index (χ3v) is 2.63. The van der Waals surface area contributed by atoms with Crippen molar-refractivity contribution < 1.29 is 4.42 Å². The number of hydrogen-bond donors (Lipinski definition) is 2. The molecule has 0 saturated carbocycles. The topological polar surface area (TPSA) is 63.0 Å². The summed E-state index contributed by atoms with van der Waals surface area (Å²) in [6, 6.07) is 2.40. The normalized spacial score (nSPS) is 10.6. The quantitative estimate of drug-likeness (QED) is 0.756. The van der Waals surface area contributed by atoms with E-state index in [0.29, 0.717) is 18.5 Å². The highest BCUT2D eigenvalue weighted by molar-refractivity contribution is 7.08. The molecular formula is C10H14N4OS. The van der Waals surface area contributed by atoms with Crippen molar-refractivity contribution in [3.63, 3.8) is 0 Å². The molecule has 2 N–H and O–H groups in total. The van der Waals surface area contributed by atoms with E-state index in [-0.39, 0.29) is 0 Å². The zero-order chi connectivity index (χ0) is 11.2. The Bertz CT molecular complexity index is 412. The van der Waals surface area contributed by atoms with Gasteiger partial charge in [0.25, 0.3) is 0 Å². The molecular weight excluding hydrogens is 224 g/mol. The van der Waals surface area contributed by atoms with Gasteiger partial charge < -0.3 is 15.1 Å². The lowest BCUT2D eigenvalue weighted by Gasteiger charge is -1.97. The van der Waals surface area contributed by atoms with E-state index >= 15 is 0 Å². The second-order valence-electron chi connectivity index (χ2n) is 3.31. The highest BCUT2D eigenvalue weighted by Gasteiger charge is 2.05. The molecule has 16 heavy (non-hydrogen) atoms. The molecule has 0 bridgehead atoms. The van der Waals surface area contributed by atoms with E-state index in [4.69, 9.17) is 4.42 Å². The van der Waals surface area contributed by atoms with Crippen LogP contribution >= 0.6 is 11.3 Å². The minimum Gasteiger partial charge on any atom is -0.406 e. The van der Waals surface area contributed by atoms with Crippen LogP contribution < -0.4 is 10.6 Å². The van der Waals surface area contributed by atoms with E-state index in [2.05, 4.69) is 27.8 Å². The lowest BCUT2D eigenvalue weighted by molar-refractivity contribution is 0.480. The minimum absolute atomic E-state index is 0.437. The van der Waals surface area contributed by atoms with E-state index in [1.807, 2.05) is 16.8 Å². The fraction of sp³-hybridized carbons (Fsp3) is 0.400. The van der Waals surface area contributed by atoms with E-state index in [1.54, 1.807) is 11.3 Å². The van der Waals surface area contributed by atoms with Crippen LogP contribution in [0.5, 0.6) is 0 Å². The van der Waals surface area contributed by atoms with Gasteiger partial charge in [0.1, 0.15) is 0 Å². The standard InChI is InChI=1S/C10H14N4OS/c1-2-4-11-6-9-13-14-10(15-9)12-8-3-5-16-7-8/h3,5,7,11H,2,4,6H2,1H3,(H,12,14). The van der Waals surface area contributed by atoms with Crippen molar-refractivity contribution in [3.05, 3.63) is 22.7 Å². The molecule has 0 fully saturated rings. The van der Waals surface area contributed by atoms with Crippen molar-refractivity contribution in [1.82, 2.24) is 15.5 Å². The average Bonchev–Trinajstić information content (AvgIpc) is 2.91. The fourth-order valence-corrected chi connectivity index (χ4v) is 1.79. The molecule has 0 aliphatic rings. The van der Waals surface area contributed by atoms with Gasteiger partial charge in [0.2, 0.25) is 5.89 Å². The van der Waals surface area contributed by atoms with Gasteiger partial charge in [-0.2, -0.15) is 11.3 Å². The Morgan fingerprint density at radius 3 is 3.12 bits per heavy atom. The molecule has 2 rings (SSSR count). The first-order valence-corrected chi connectivity index (χ1v) is 6.15. The van der Waals surface area contributed by atoms with Crippen LogP contribution in [0.25, 0.3) is 0 Å². The first kappa shape index (κ1) is 11.1. The smallest absolute Gasteiger partial charge is 0.320 e. The molecule has 6 heteroatoms. The average molecular weight is 238 g/mol. The number of rotatable bonds is 6. The van der Waals surface area contributed by atoms with Crippen LogP contribution in [0.2, 0.25) is 0 Å². The van der Waals surface area contributed by atoms with Crippen LogP contribution in [-0.2, 0) is 6.54 Å². The van der Waals surface area contributed by atoms with E-state index in [9.17, 15) is 0 Å². The van der Waals surface area contributed by atoms with Gasteiger partial charge in [0, 0.05) is 5.38 Å². The maximum Gasteiger partial charge on any atom is 0.320 e. The van der Waals surface area contributed by atoms with E-state index in [1.165, 1.54) is 0 Å². The summed E-state index contributed by atoms with van der Waals surface area (Å²) in [4.78, 5) is 0. The van der Waals surface area contributed by atoms with Crippen LogP contribution in [0.1, 0.15) is 19.2 Å². The molecule has 0 aliphatic heterocycles. The number of hydrogen-bond acceptors (Lipinski definition) is 6. The van der Waals surface area contributed by atoms with Gasteiger partial charge in [0.05, 0.1) is 12.2 Å². The second kappa shape index (κ2) is 5.62. The summed E-state index contributed by atoms with van der Waals surface area (Å²) in [5, 5.41) is 18.0. The molecule has 0 amide bonds. The largest absolute Gasteiger partial charge is 0.406 e. The van der Waals surface area contributed by atoms with Crippen molar-refractivity contribution in [1.29, 1.82) is 0 Å². The Balaban J connectivity index is 1.87. The highest BCUT2D eigenvalue weighted by atomic mass is 32.1. The van der Waals surface area contributed by atoms with E-state index < -0.39 is 0 Å². The number of aromatic nitrogens is 2. The van der Waals surface area contributed by atoms with Gasteiger partial charge in [-0.1, -0.05) is 12.0 Å². The SMILES string of the molecule is CCCNCc1nnc(Nc2ccsc2)o1. The lowest BCUT2D eigenvalue weighted by Crippen LogP contribution is -2.13. The van der Waals surface area contributed by atoms with Gasteiger partial charge in [-0.25, -0.2) is 0 Å². The van der Waals surface area contributed by atoms with Gasteiger partial charge in [-0.15, -0.1) is 5.10 Å².